The van der Waals surface area contributed by atoms with Gasteiger partial charge in [0.15, 0.2) is 0 Å². The molecule has 2 aromatic rings. The van der Waals surface area contributed by atoms with E-state index in [4.69, 9.17) is 5.73 Å². The van der Waals surface area contributed by atoms with Crippen LogP contribution in [0.2, 0.25) is 0 Å². The van der Waals surface area contributed by atoms with Crippen molar-refractivity contribution in [2.24, 2.45) is 0 Å². The lowest BCUT2D eigenvalue weighted by atomic mass is 10.2. The van der Waals surface area contributed by atoms with Crippen molar-refractivity contribution in [2.75, 3.05) is 11.1 Å². The molecule has 0 saturated heterocycles. The summed E-state index contributed by atoms with van der Waals surface area (Å²) in [5.41, 5.74) is 5.80. The van der Waals surface area contributed by atoms with Crippen molar-refractivity contribution in [3.63, 3.8) is 0 Å². The van der Waals surface area contributed by atoms with Gasteiger partial charge in [0.1, 0.15) is 17.5 Å². The Labute approximate surface area is 111 Å². The molecule has 0 spiro atoms. The maximum atomic E-state index is 5.80. The molecule has 1 unspecified atom stereocenters. The molecule has 0 aliphatic rings. The number of nitrogen functional groups attached to an aromatic ring is 1. The highest BCUT2D eigenvalue weighted by molar-refractivity contribution is 7.10. The van der Waals surface area contributed by atoms with Crippen LogP contribution in [0.3, 0.4) is 0 Å². The van der Waals surface area contributed by atoms with Crippen molar-refractivity contribution in [2.45, 2.75) is 32.7 Å². The van der Waals surface area contributed by atoms with E-state index in [1.165, 1.54) is 4.88 Å². The molecule has 1 atom stereocenters. The molecule has 2 rings (SSSR count). The number of hydrogen-bond acceptors (Lipinski definition) is 5. The van der Waals surface area contributed by atoms with E-state index in [1.54, 1.807) is 17.4 Å². The summed E-state index contributed by atoms with van der Waals surface area (Å²) in [6, 6.07) is 6.17. The Balaban J connectivity index is 2.13. The molecule has 0 bridgehead atoms. The normalized spacial score (nSPS) is 12.3. The van der Waals surface area contributed by atoms with Crippen LogP contribution in [0.25, 0.3) is 0 Å². The van der Waals surface area contributed by atoms with Crippen LogP contribution < -0.4 is 11.1 Å². The lowest BCUT2D eigenvalue weighted by Crippen LogP contribution is -2.09. The molecule has 0 radical (unpaired) electrons. The minimum atomic E-state index is 0.230. The van der Waals surface area contributed by atoms with Crippen LogP contribution in [0.15, 0.2) is 23.6 Å². The molecular formula is C13H18N4S. The Morgan fingerprint density at radius 1 is 1.44 bits per heavy atom. The number of nitrogens with two attached hydrogens (primary N) is 1. The summed E-state index contributed by atoms with van der Waals surface area (Å²) in [6.07, 6.45) is 1.87. The van der Waals surface area contributed by atoms with Gasteiger partial charge in [-0.2, -0.15) is 0 Å². The van der Waals surface area contributed by atoms with Gasteiger partial charge in [0.2, 0.25) is 0 Å². The molecule has 0 fully saturated rings. The van der Waals surface area contributed by atoms with Crippen LogP contribution in [0.4, 0.5) is 11.6 Å². The molecule has 5 heteroatoms. The molecule has 0 aliphatic heterocycles. The van der Waals surface area contributed by atoms with Crippen molar-refractivity contribution >= 4 is 23.0 Å². The summed E-state index contributed by atoms with van der Waals surface area (Å²) < 4.78 is 0. The van der Waals surface area contributed by atoms with Gasteiger partial charge in [0, 0.05) is 17.4 Å². The Morgan fingerprint density at radius 3 is 2.94 bits per heavy atom. The van der Waals surface area contributed by atoms with E-state index >= 15 is 0 Å². The number of rotatable bonds is 5. The molecule has 0 aliphatic carbocycles. The second kappa shape index (κ2) is 5.82. The molecule has 0 aromatic carbocycles. The van der Waals surface area contributed by atoms with Gasteiger partial charge >= 0.3 is 0 Å². The van der Waals surface area contributed by atoms with E-state index in [9.17, 15) is 0 Å². The van der Waals surface area contributed by atoms with Gasteiger partial charge in [-0.25, -0.2) is 9.97 Å². The zero-order chi connectivity index (χ0) is 13.0. The van der Waals surface area contributed by atoms with E-state index in [0.717, 1.165) is 24.5 Å². The third-order valence-corrected chi connectivity index (χ3v) is 3.66. The lowest BCUT2D eigenvalue weighted by Gasteiger charge is -2.13. The molecule has 2 heterocycles. The summed E-state index contributed by atoms with van der Waals surface area (Å²) in [6.45, 7) is 4.22. The zero-order valence-corrected chi connectivity index (χ0v) is 11.5. The molecule has 0 amide bonds. The van der Waals surface area contributed by atoms with Crippen molar-refractivity contribution in [1.29, 1.82) is 0 Å². The van der Waals surface area contributed by atoms with Gasteiger partial charge < -0.3 is 11.1 Å². The smallest absolute Gasteiger partial charge is 0.133 e. The first-order valence-electron chi connectivity index (χ1n) is 6.12. The van der Waals surface area contributed by atoms with Crippen LogP contribution >= 0.6 is 11.3 Å². The van der Waals surface area contributed by atoms with E-state index in [0.29, 0.717) is 5.82 Å². The number of thiophene rings is 1. The van der Waals surface area contributed by atoms with Crippen LogP contribution in [-0.4, -0.2) is 9.97 Å². The minimum absolute atomic E-state index is 0.230. The van der Waals surface area contributed by atoms with Crippen LogP contribution in [0, 0.1) is 0 Å². The quantitative estimate of drug-likeness (QED) is 0.868. The van der Waals surface area contributed by atoms with Gasteiger partial charge in [-0.05, 0) is 24.8 Å². The van der Waals surface area contributed by atoms with Gasteiger partial charge in [0.25, 0.3) is 0 Å². The molecule has 0 saturated carbocycles. The number of aryl methyl sites for hydroxylation is 1. The number of nitrogens with one attached hydrogen (secondary N) is 1. The van der Waals surface area contributed by atoms with E-state index in [2.05, 4.69) is 46.6 Å². The number of hydrogen-bond donors (Lipinski definition) is 2. The maximum Gasteiger partial charge on any atom is 0.133 e. The van der Waals surface area contributed by atoms with E-state index in [1.807, 2.05) is 0 Å². The maximum absolute atomic E-state index is 5.80. The van der Waals surface area contributed by atoms with E-state index in [-0.39, 0.29) is 6.04 Å². The predicted octanol–water partition coefficient (Wildman–Crippen LogP) is 3.25. The second-order valence-corrected chi connectivity index (χ2v) is 5.20. The Hall–Kier alpha value is -1.62. The number of nitrogens with zero attached hydrogens (tertiary/aromatic N) is 2. The second-order valence-electron chi connectivity index (χ2n) is 4.23. The van der Waals surface area contributed by atoms with Gasteiger partial charge in [-0.15, -0.1) is 11.3 Å². The average Bonchev–Trinajstić information content (AvgIpc) is 2.81. The molecule has 18 heavy (non-hydrogen) atoms. The molecular weight excluding hydrogens is 244 g/mol. The fraction of sp³-hybridized carbons (Fsp3) is 0.385. The van der Waals surface area contributed by atoms with Crippen molar-refractivity contribution in [3.05, 3.63) is 34.3 Å². The standard InChI is InChI=1S/C13H18N4S/c1-3-5-12-16-11(14)8-13(17-12)15-9(2)10-6-4-7-18-10/h4,6-9H,3,5H2,1-2H3,(H3,14,15,16,17). The van der Waals surface area contributed by atoms with Crippen LogP contribution in [0.1, 0.15) is 37.0 Å². The zero-order valence-electron chi connectivity index (χ0n) is 10.7. The van der Waals surface area contributed by atoms with Gasteiger partial charge in [-0.1, -0.05) is 13.0 Å². The Bertz CT molecular complexity index is 496. The number of anilines is 2. The topological polar surface area (TPSA) is 63.8 Å². The van der Waals surface area contributed by atoms with Crippen molar-refractivity contribution in [1.82, 2.24) is 9.97 Å². The molecule has 96 valence electrons. The largest absolute Gasteiger partial charge is 0.384 e. The van der Waals surface area contributed by atoms with Crippen LogP contribution in [0.5, 0.6) is 0 Å². The highest BCUT2D eigenvalue weighted by atomic mass is 32.1. The van der Waals surface area contributed by atoms with Gasteiger partial charge in [-0.3, -0.25) is 0 Å². The summed E-state index contributed by atoms with van der Waals surface area (Å²) in [7, 11) is 0. The third-order valence-electron chi connectivity index (χ3n) is 2.60. The monoisotopic (exact) mass is 262 g/mol. The fourth-order valence-corrected chi connectivity index (χ4v) is 2.49. The fourth-order valence-electron chi connectivity index (χ4n) is 1.76. The summed E-state index contributed by atoms with van der Waals surface area (Å²) in [4.78, 5) is 9.98. The summed E-state index contributed by atoms with van der Waals surface area (Å²) >= 11 is 1.73. The van der Waals surface area contributed by atoms with Crippen molar-refractivity contribution < 1.29 is 0 Å². The number of aromatic nitrogens is 2. The first-order chi connectivity index (χ1) is 8.69. The van der Waals surface area contributed by atoms with Crippen LogP contribution in [-0.2, 0) is 6.42 Å². The summed E-state index contributed by atoms with van der Waals surface area (Å²) in [5, 5.41) is 5.44. The first-order valence-corrected chi connectivity index (χ1v) is 7.00. The van der Waals surface area contributed by atoms with Crippen molar-refractivity contribution in [3.8, 4) is 0 Å². The lowest BCUT2D eigenvalue weighted by molar-refractivity contribution is 0.825. The summed E-state index contributed by atoms with van der Waals surface area (Å²) in [5.74, 6) is 2.12. The average molecular weight is 262 g/mol. The highest BCUT2D eigenvalue weighted by Gasteiger charge is 2.08. The SMILES string of the molecule is CCCc1nc(N)cc(NC(C)c2cccs2)n1. The molecule has 2 aromatic heterocycles. The highest BCUT2D eigenvalue weighted by Crippen LogP contribution is 2.22. The van der Waals surface area contributed by atoms with Gasteiger partial charge in [0.05, 0.1) is 6.04 Å². The molecule has 4 nitrogen and oxygen atoms in total. The Morgan fingerprint density at radius 2 is 2.28 bits per heavy atom. The first kappa shape index (κ1) is 12.8. The minimum Gasteiger partial charge on any atom is -0.384 e. The molecule has 3 N–H and O–H groups in total. The predicted molar refractivity (Wildman–Crippen MR) is 76.8 cm³/mol. The third kappa shape index (κ3) is 3.20. The Kier molecular flexibility index (Phi) is 4.15. The van der Waals surface area contributed by atoms with E-state index < -0.39 is 0 Å².